The quantitative estimate of drug-likeness (QED) is 0.754. The molecule has 0 spiro atoms. The molecule has 1 unspecified atom stereocenters. The molecule has 1 aliphatic rings. The van der Waals surface area contributed by atoms with Gasteiger partial charge in [-0.15, -0.1) is 0 Å². The third-order valence-corrected chi connectivity index (χ3v) is 3.54. The summed E-state index contributed by atoms with van der Waals surface area (Å²) in [6, 6.07) is 3.84. The summed E-state index contributed by atoms with van der Waals surface area (Å²) in [4.78, 5) is 13.8. The van der Waals surface area contributed by atoms with Crippen LogP contribution in [0.1, 0.15) is 17.5 Å². The number of amides is 1. The number of nitrogen functional groups attached to an aromatic ring is 1. The monoisotopic (exact) mass is 233 g/mol. The van der Waals surface area contributed by atoms with Crippen LogP contribution in [-0.2, 0) is 4.79 Å². The number of nitrogens with two attached hydrogens (primary N) is 2. The SMILES string of the molecule is Cc1ccc(N)c(N2CC(CN)CC2=O)c1C. The van der Waals surface area contributed by atoms with Gasteiger partial charge in [-0.1, -0.05) is 6.07 Å². The number of benzene rings is 1. The van der Waals surface area contributed by atoms with Gasteiger partial charge in [0.05, 0.1) is 11.4 Å². The first-order valence-corrected chi connectivity index (χ1v) is 5.90. The van der Waals surface area contributed by atoms with Crippen molar-refractivity contribution in [3.8, 4) is 0 Å². The van der Waals surface area contributed by atoms with E-state index in [4.69, 9.17) is 11.5 Å². The molecule has 1 aromatic carbocycles. The average molecular weight is 233 g/mol. The molecule has 0 bridgehead atoms. The fourth-order valence-electron chi connectivity index (χ4n) is 2.34. The Morgan fingerprint density at radius 2 is 2.12 bits per heavy atom. The van der Waals surface area contributed by atoms with Gasteiger partial charge in [-0.3, -0.25) is 4.79 Å². The fourth-order valence-corrected chi connectivity index (χ4v) is 2.34. The van der Waals surface area contributed by atoms with Crippen molar-refractivity contribution in [2.24, 2.45) is 11.7 Å². The maximum atomic E-state index is 12.0. The van der Waals surface area contributed by atoms with Gasteiger partial charge in [-0.05, 0) is 43.5 Å². The highest BCUT2D eigenvalue weighted by Crippen LogP contribution is 2.34. The van der Waals surface area contributed by atoms with Gasteiger partial charge in [0.1, 0.15) is 0 Å². The molecule has 1 fully saturated rings. The summed E-state index contributed by atoms with van der Waals surface area (Å²) >= 11 is 0. The normalized spacial score (nSPS) is 20.1. The summed E-state index contributed by atoms with van der Waals surface area (Å²) in [7, 11) is 0. The van der Waals surface area contributed by atoms with Crippen LogP contribution in [0.4, 0.5) is 11.4 Å². The summed E-state index contributed by atoms with van der Waals surface area (Å²) in [5.41, 5.74) is 15.4. The molecule has 17 heavy (non-hydrogen) atoms. The summed E-state index contributed by atoms with van der Waals surface area (Å²) in [6.07, 6.45) is 0.531. The van der Waals surface area contributed by atoms with Crippen LogP contribution in [0.25, 0.3) is 0 Å². The molecule has 92 valence electrons. The number of rotatable bonds is 2. The number of carbonyl (C=O) groups excluding carboxylic acids is 1. The third kappa shape index (κ3) is 2.00. The lowest BCUT2D eigenvalue weighted by atomic mass is 10.1. The molecule has 1 aromatic rings. The summed E-state index contributed by atoms with van der Waals surface area (Å²) in [5, 5.41) is 0. The van der Waals surface area contributed by atoms with E-state index in [0.717, 1.165) is 16.8 Å². The van der Waals surface area contributed by atoms with Crippen molar-refractivity contribution >= 4 is 17.3 Å². The van der Waals surface area contributed by atoms with Crippen LogP contribution in [0.3, 0.4) is 0 Å². The molecule has 1 amide bonds. The Balaban J connectivity index is 2.41. The van der Waals surface area contributed by atoms with Gasteiger partial charge < -0.3 is 16.4 Å². The van der Waals surface area contributed by atoms with Gasteiger partial charge in [0.15, 0.2) is 0 Å². The molecule has 0 aromatic heterocycles. The van der Waals surface area contributed by atoms with E-state index in [1.54, 1.807) is 4.90 Å². The molecule has 1 atom stereocenters. The van der Waals surface area contributed by atoms with Crippen LogP contribution < -0.4 is 16.4 Å². The van der Waals surface area contributed by atoms with Crippen LogP contribution in [0, 0.1) is 19.8 Å². The highest BCUT2D eigenvalue weighted by Gasteiger charge is 2.31. The van der Waals surface area contributed by atoms with Crippen LogP contribution in [0.5, 0.6) is 0 Å². The van der Waals surface area contributed by atoms with Crippen molar-refractivity contribution in [1.82, 2.24) is 0 Å². The molecule has 0 radical (unpaired) electrons. The molecule has 4 nitrogen and oxygen atoms in total. The summed E-state index contributed by atoms with van der Waals surface area (Å²) < 4.78 is 0. The highest BCUT2D eigenvalue weighted by atomic mass is 16.2. The number of anilines is 2. The van der Waals surface area contributed by atoms with E-state index in [9.17, 15) is 4.79 Å². The van der Waals surface area contributed by atoms with E-state index >= 15 is 0 Å². The third-order valence-electron chi connectivity index (χ3n) is 3.54. The van der Waals surface area contributed by atoms with Gasteiger partial charge in [-0.2, -0.15) is 0 Å². The Morgan fingerprint density at radius 3 is 2.71 bits per heavy atom. The molecule has 4 N–H and O–H groups in total. The second kappa shape index (κ2) is 4.37. The molecule has 0 saturated carbocycles. The fraction of sp³-hybridized carbons (Fsp3) is 0.462. The lowest BCUT2D eigenvalue weighted by Gasteiger charge is -2.22. The molecular weight excluding hydrogens is 214 g/mol. The van der Waals surface area contributed by atoms with Crippen molar-refractivity contribution < 1.29 is 4.79 Å². The molecule has 1 saturated heterocycles. The van der Waals surface area contributed by atoms with E-state index < -0.39 is 0 Å². The van der Waals surface area contributed by atoms with Crippen molar-refractivity contribution in [3.05, 3.63) is 23.3 Å². The number of nitrogens with zero attached hydrogens (tertiary/aromatic N) is 1. The number of hydrogen-bond donors (Lipinski definition) is 2. The Morgan fingerprint density at radius 1 is 1.41 bits per heavy atom. The second-order valence-corrected chi connectivity index (χ2v) is 4.76. The van der Waals surface area contributed by atoms with Gasteiger partial charge in [0, 0.05) is 13.0 Å². The van der Waals surface area contributed by atoms with Crippen molar-refractivity contribution in [1.29, 1.82) is 0 Å². The first-order valence-electron chi connectivity index (χ1n) is 5.90. The van der Waals surface area contributed by atoms with Crippen LogP contribution in [-0.4, -0.2) is 19.0 Å². The van der Waals surface area contributed by atoms with Gasteiger partial charge >= 0.3 is 0 Å². The Hall–Kier alpha value is -1.55. The highest BCUT2D eigenvalue weighted by molar-refractivity contribution is 5.99. The van der Waals surface area contributed by atoms with Gasteiger partial charge in [0.2, 0.25) is 5.91 Å². The predicted octanol–water partition coefficient (Wildman–Crippen LogP) is 1.20. The second-order valence-electron chi connectivity index (χ2n) is 4.76. The molecule has 2 rings (SSSR count). The number of carbonyl (C=O) groups is 1. The summed E-state index contributed by atoms with van der Waals surface area (Å²) in [6.45, 7) is 5.26. The Bertz CT molecular complexity index is 456. The van der Waals surface area contributed by atoms with Crippen LogP contribution >= 0.6 is 0 Å². The lowest BCUT2D eigenvalue weighted by Crippen LogP contribution is -2.27. The van der Waals surface area contributed by atoms with Crippen molar-refractivity contribution in [2.75, 3.05) is 23.7 Å². The molecule has 4 heteroatoms. The van der Waals surface area contributed by atoms with E-state index in [0.29, 0.717) is 25.2 Å². The summed E-state index contributed by atoms with van der Waals surface area (Å²) in [5.74, 6) is 0.377. The Labute approximate surface area is 102 Å². The zero-order chi connectivity index (χ0) is 12.6. The molecule has 0 aliphatic carbocycles. The smallest absolute Gasteiger partial charge is 0.227 e. The number of hydrogen-bond acceptors (Lipinski definition) is 3. The zero-order valence-electron chi connectivity index (χ0n) is 10.4. The van der Waals surface area contributed by atoms with E-state index in [1.165, 1.54) is 0 Å². The van der Waals surface area contributed by atoms with Gasteiger partial charge in [0.25, 0.3) is 0 Å². The maximum Gasteiger partial charge on any atom is 0.227 e. The minimum Gasteiger partial charge on any atom is -0.397 e. The van der Waals surface area contributed by atoms with Crippen LogP contribution in [0.2, 0.25) is 0 Å². The van der Waals surface area contributed by atoms with Gasteiger partial charge in [-0.25, -0.2) is 0 Å². The minimum absolute atomic E-state index is 0.126. The van der Waals surface area contributed by atoms with Crippen molar-refractivity contribution in [3.63, 3.8) is 0 Å². The lowest BCUT2D eigenvalue weighted by molar-refractivity contribution is -0.117. The predicted molar refractivity (Wildman–Crippen MR) is 69.8 cm³/mol. The van der Waals surface area contributed by atoms with Crippen LogP contribution in [0.15, 0.2) is 12.1 Å². The van der Waals surface area contributed by atoms with Crippen molar-refractivity contribution in [2.45, 2.75) is 20.3 Å². The average Bonchev–Trinajstić information content (AvgIpc) is 2.66. The Kier molecular flexibility index (Phi) is 3.07. The molecular formula is C13H19N3O. The van der Waals surface area contributed by atoms with E-state index in [-0.39, 0.29) is 11.8 Å². The standard InChI is InChI=1S/C13H19N3O/c1-8-3-4-11(15)13(9(8)2)16-7-10(6-14)5-12(16)17/h3-4,10H,5-7,14-15H2,1-2H3. The topological polar surface area (TPSA) is 72.3 Å². The number of aryl methyl sites for hydroxylation is 1. The largest absolute Gasteiger partial charge is 0.397 e. The van der Waals surface area contributed by atoms with E-state index in [2.05, 4.69) is 0 Å². The molecule has 1 heterocycles. The maximum absolute atomic E-state index is 12.0. The first-order chi connectivity index (χ1) is 8.04. The zero-order valence-corrected chi connectivity index (χ0v) is 10.4. The minimum atomic E-state index is 0.126. The van der Waals surface area contributed by atoms with E-state index in [1.807, 2.05) is 26.0 Å². The first kappa shape index (κ1) is 11.9. The molecule has 1 aliphatic heterocycles.